The summed E-state index contributed by atoms with van der Waals surface area (Å²) in [6, 6.07) is 7.89. The van der Waals surface area contributed by atoms with E-state index < -0.39 is 5.76 Å². The van der Waals surface area contributed by atoms with E-state index in [1.807, 2.05) is 31.2 Å². The van der Waals surface area contributed by atoms with Crippen molar-refractivity contribution in [3.8, 4) is 0 Å². The van der Waals surface area contributed by atoms with Crippen LogP contribution in [-0.2, 0) is 17.8 Å². The molecule has 0 aliphatic heterocycles. The summed E-state index contributed by atoms with van der Waals surface area (Å²) in [4.78, 5) is 20.3. The Morgan fingerprint density at radius 3 is 2.40 bits per heavy atom. The Balaban J connectivity index is 1.92. The van der Waals surface area contributed by atoms with Crippen LogP contribution in [0.2, 0.25) is 0 Å². The molecule has 0 bridgehead atoms. The normalized spacial score (nSPS) is 11.0. The smallest absolute Gasteiger partial charge is 0.291 e. The number of amides is 1. The average molecular weight is 365 g/mol. The lowest BCUT2D eigenvalue weighted by atomic mass is 10.1. The summed E-state index contributed by atoms with van der Waals surface area (Å²) in [7, 11) is 0. The average Bonchev–Trinajstić information content (AvgIpc) is 2.52. The zero-order valence-corrected chi connectivity index (χ0v) is 15.3. The minimum atomic E-state index is -2.54. The van der Waals surface area contributed by atoms with Gasteiger partial charge in [-0.2, -0.15) is 8.78 Å². The number of nitrogens with one attached hydrogen (secondary N) is 1. The minimum absolute atomic E-state index is 0.0620. The summed E-state index contributed by atoms with van der Waals surface area (Å²) >= 11 is 0.332. The molecule has 134 valence electrons. The first-order valence-electron chi connectivity index (χ1n) is 7.97. The number of aryl methyl sites for hydroxylation is 3. The van der Waals surface area contributed by atoms with E-state index in [-0.39, 0.29) is 11.1 Å². The number of thioether (sulfide) groups is 1. The summed E-state index contributed by atoms with van der Waals surface area (Å²) in [6.45, 7) is 6.00. The first-order valence-corrected chi connectivity index (χ1v) is 8.85. The van der Waals surface area contributed by atoms with Crippen LogP contribution < -0.4 is 5.32 Å². The van der Waals surface area contributed by atoms with Gasteiger partial charge in [0.1, 0.15) is 0 Å². The fraction of sp³-hybridized carbons (Fsp3) is 0.389. The molecule has 25 heavy (non-hydrogen) atoms. The first kappa shape index (κ1) is 19.3. The van der Waals surface area contributed by atoms with E-state index in [0.29, 0.717) is 42.5 Å². The van der Waals surface area contributed by atoms with Gasteiger partial charge < -0.3 is 5.32 Å². The molecule has 0 spiro atoms. The Labute approximate surface area is 150 Å². The zero-order valence-electron chi connectivity index (χ0n) is 14.5. The number of rotatable bonds is 7. The second-order valence-electron chi connectivity index (χ2n) is 5.74. The van der Waals surface area contributed by atoms with Crippen molar-refractivity contribution in [3.63, 3.8) is 0 Å². The van der Waals surface area contributed by atoms with Crippen molar-refractivity contribution in [3.05, 3.63) is 52.3 Å². The van der Waals surface area contributed by atoms with Crippen LogP contribution in [0.5, 0.6) is 0 Å². The van der Waals surface area contributed by atoms with Crippen molar-refractivity contribution in [1.29, 1.82) is 0 Å². The van der Waals surface area contributed by atoms with E-state index in [1.165, 1.54) is 0 Å². The van der Waals surface area contributed by atoms with Gasteiger partial charge in [-0.1, -0.05) is 24.3 Å². The molecule has 0 fully saturated rings. The van der Waals surface area contributed by atoms with Crippen molar-refractivity contribution < 1.29 is 13.6 Å². The van der Waals surface area contributed by atoms with Crippen molar-refractivity contribution in [2.24, 2.45) is 0 Å². The van der Waals surface area contributed by atoms with E-state index >= 15 is 0 Å². The maximum atomic E-state index is 12.4. The maximum Gasteiger partial charge on any atom is 0.291 e. The topological polar surface area (TPSA) is 54.9 Å². The van der Waals surface area contributed by atoms with Gasteiger partial charge in [-0.3, -0.25) is 4.79 Å². The molecule has 0 aliphatic rings. The number of alkyl halides is 2. The molecule has 1 heterocycles. The number of aromatic nitrogens is 2. The van der Waals surface area contributed by atoms with Crippen LogP contribution in [0.25, 0.3) is 0 Å². The maximum absolute atomic E-state index is 12.4. The predicted octanol–water partition coefficient (Wildman–Crippen LogP) is 3.97. The summed E-state index contributed by atoms with van der Waals surface area (Å²) in [5.41, 5.74) is 4.34. The van der Waals surface area contributed by atoms with Gasteiger partial charge in [0, 0.05) is 24.4 Å². The van der Waals surface area contributed by atoms with Gasteiger partial charge in [-0.25, -0.2) is 9.97 Å². The highest BCUT2D eigenvalue weighted by atomic mass is 32.2. The summed E-state index contributed by atoms with van der Waals surface area (Å²) in [6.07, 6.45) is 0.787. The Kier molecular flexibility index (Phi) is 6.87. The lowest BCUT2D eigenvalue weighted by Gasteiger charge is -2.11. The highest BCUT2D eigenvalue weighted by Gasteiger charge is 2.14. The third-order valence-electron chi connectivity index (χ3n) is 3.93. The number of halogens is 2. The zero-order chi connectivity index (χ0) is 18.4. The van der Waals surface area contributed by atoms with Crippen LogP contribution >= 0.6 is 11.8 Å². The molecule has 0 saturated carbocycles. The van der Waals surface area contributed by atoms with E-state index in [0.717, 1.165) is 16.7 Å². The molecule has 7 heteroatoms. The van der Waals surface area contributed by atoms with Gasteiger partial charge >= 0.3 is 0 Å². The Hall–Kier alpha value is -2.02. The molecular formula is C18H21F2N3OS. The van der Waals surface area contributed by atoms with Crippen LogP contribution in [0, 0.1) is 20.8 Å². The van der Waals surface area contributed by atoms with Crippen LogP contribution in [0.15, 0.2) is 29.4 Å². The minimum Gasteiger partial charge on any atom is -0.352 e. The Morgan fingerprint density at radius 1 is 1.16 bits per heavy atom. The molecule has 2 rings (SSSR count). The lowest BCUT2D eigenvalue weighted by Crippen LogP contribution is -2.23. The third-order valence-corrected chi connectivity index (χ3v) is 4.51. The highest BCUT2D eigenvalue weighted by Crippen LogP contribution is 2.24. The Morgan fingerprint density at radius 2 is 1.80 bits per heavy atom. The predicted molar refractivity (Wildman–Crippen MR) is 94.7 cm³/mol. The van der Waals surface area contributed by atoms with Gasteiger partial charge in [0.05, 0.1) is 0 Å². The van der Waals surface area contributed by atoms with Crippen molar-refractivity contribution >= 4 is 17.7 Å². The number of hydrogen-bond acceptors (Lipinski definition) is 4. The second-order valence-corrected chi connectivity index (χ2v) is 6.69. The molecule has 2 aromatic rings. The van der Waals surface area contributed by atoms with Crippen LogP contribution in [0.1, 0.15) is 34.5 Å². The SMILES string of the molecule is Cc1ccccc1CNC(=O)CCc1c(C)nc(SC(F)F)nc1C. The second kappa shape index (κ2) is 8.89. The van der Waals surface area contributed by atoms with Gasteiger partial charge in [0.15, 0.2) is 5.16 Å². The monoisotopic (exact) mass is 365 g/mol. The van der Waals surface area contributed by atoms with Gasteiger partial charge in [0.25, 0.3) is 5.76 Å². The first-order chi connectivity index (χ1) is 11.9. The fourth-order valence-corrected chi connectivity index (χ4v) is 3.07. The molecule has 1 aromatic heterocycles. The van der Waals surface area contributed by atoms with Gasteiger partial charge in [0.2, 0.25) is 5.91 Å². The van der Waals surface area contributed by atoms with Crippen molar-refractivity contribution in [2.75, 3.05) is 0 Å². The van der Waals surface area contributed by atoms with E-state index in [2.05, 4.69) is 15.3 Å². The molecule has 0 unspecified atom stereocenters. The number of benzene rings is 1. The van der Waals surface area contributed by atoms with Crippen molar-refractivity contribution in [1.82, 2.24) is 15.3 Å². The van der Waals surface area contributed by atoms with E-state index in [9.17, 15) is 13.6 Å². The van der Waals surface area contributed by atoms with E-state index in [1.54, 1.807) is 13.8 Å². The largest absolute Gasteiger partial charge is 0.352 e. The molecular weight excluding hydrogens is 344 g/mol. The quantitative estimate of drug-likeness (QED) is 0.596. The molecule has 1 amide bonds. The lowest BCUT2D eigenvalue weighted by molar-refractivity contribution is -0.121. The number of nitrogens with zero attached hydrogens (tertiary/aromatic N) is 2. The van der Waals surface area contributed by atoms with Crippen LogP contribution in [-0.4, -0.2) is 21.6 Å². The molecule has 0 saturated heterocycles. The number of hydrogen-bond donors (Lipinski definition) is 1. The van der Waals surface area contributed by atoms with Gasteiger partial charge in [-0.15, -0.1) is 0 Å². The van der Waals surface area contributed by atoms with E-state index in [4.69, 9.17) is 0 Å². The van der Waals surface area contributed by atoms with Crippen LogP contribution in [0.3, 0.4) is 0 Å². The van der Waals surface area contributed by atoms with Crippen molar-refractivity contribution in [2.45, 2.75) is 51.1 Å². The number of carbonyl (C=O) groups excluding carboxylic acids is 1. The van der Waals surface area contributed by atoms with Crippen LogP contribution in [0.4, 0.5) is 8.78 Å². The Bertz CT molecular complexity index is 730. The third kappa shape index (κ3) is 5.77. The molecule has 1 aromatic carbocycles. The van der Waals surface area contributed by atoms with Gasteiger partial charge in [-0.05, 0) is 55.6 Å². The number of carbonyl (C=O) groups is 1. The highest BCUT2D eigenvalue weighted by molar-refractivity contribution is 7.99. The summed E-state index contributed by atoms with van der Waals surface area (Å²) < 4.78 is 24.8. The molecule has 0 aliphatic carbocycles. The standard InChI is InChI=1S/C18H21F2N3OS/c1-11-6-4-5-7-14(11)10-21-16(24)9-8-15-12(2)22-18(23-13(15)3)25-17(19)20/h4-7,17H,8-10H2,1-3H3,(H,21,24). The molecule has 0 radical (unpaired) electrons. The molecule has 1 N–H and O–H groups in total. The molecule has 0 atom stereocenters. The fourth-order valence-electron chi connectivity index (χ4n) is 2.53. The summed E-state index contributed by atoms with van der Waals surface area (Å²) in [5.74, 6) is -2.61. The summed E-state index contributed by atoms with van der Waals surface area (Å²) in [5, 5.41) is 2.97. The molecule has 4 nitrogen and oxygen atoms in total.